The Morgan fingerprint density at radius 3 is 2.67 bits per heavy atom. The number of hydrogen-bond acceptors (Lipinski definition) is 5. The Balaban J connectivity index is 1.55. The molecule has 0 fully saturated rings. The summed E-state index contributed by atoms with van der Waals surface area (Å²) in [5.41, 5.74) is 1.80. The van der Waals surface area contributed by atoms with Crippen LogP contribution in [0.15, 0.2) is 54.7 Å². The first kappa shape index (κ1) is 21.4. The Morgan fingerprint density at radius 2 is 1.93 bits per heavy atom. The first-order valence-electron chi connectivity index (χ1n) is 8.97. The van der Waals surface area contributed by atoms with E-state index in [0.29, 0.717) is 32.8 Å². The van der Waals surface area contributed by atoms with E-state index in [1.807, 2.05) is 13.0 Å². The highest BCUT2D eigenvalue weighted by Gasteiger charge is 2.09. The lowest BCUT2D eigenvalue weighted by Crippen LogP contribution is -2.15. The summed E-state index contributed by atoms with van der Waals surface area (Å²) in [5.74, 6) is 1.10. The molecule has 30 heavy (non-hydrogen) atoms. The Hall–Kier alpha value is -3.27. The molecule has 0 aliphatic heterocycles. The summed E-state index contributed by atoms with van der Waals surface area (Å²) in [6.07, 6.45) is 1.72. The Bertz CT molecular complexity index is 1110. The van der Waals surface area contributed by atoms with E-state index in [1.54, 1.807) is 54.7 Å². The minimum absolute atomic E-state index is 0.164. The molecule has 1 aromatic heterocycles. The Labute approximate surface area is 184 Å². The molecule has 3 aromatic rings. The van der Waals surface area contributed by atoms with Gasteiger partial charge in [-0.15, -0.1) is 0 Å². The Morgan fingerprint density at radius 1 is 1.13 bits per heavy atom. The molecule has 152 valence electrons. The van der Waals surface area contributed by atoms with Gasteiger partial charge in [0.1, 0.15) is 23.1 Å². The van der Waals surface area contributed by atoms with Gasteiger partial charge in [-0.2, -0.15) is 5.26 Å². The van der Waals surface area contributed by atoms with Crippen molar-refractivity contribution in [3.63, 3.8) is 0 Å². The number of benzene rings is 2. The van der Waals surface area contributed by atoms with E-state index in [0.717, 1.165) is 5.56 Å². The molecule has 0 aliphatic carbocycles. The molecule has 6 nitrogen and oxygen atoms in total. The number of carbonyl (C=O) groups is 1. The third-order valence-electron chi connectivity index (χ3n) is 4.07. The van der Waals surface area contributed by atoms with Crippen LogP contribution < -0.4 is 14.8 Å². The maximum Gasteiger partial charge on any atom is 0.237 e. The van der Waals surface area contributed by atoms with Gasteiger partial charge in [0.15, 0.2) is 0 Å². The molecule has 1 amide bonds. The fraction of sp³-hybridized carbons (Fsp3) is 0.136. The van der Waals surface area contributed by atoms with Crippen molar-refractivity contribution in [3.05, 3.63) is 75.9 Å². The minimum atomic E-state index is -0.191. The minimum Gasteiger partial charge on any atom is -0.493 e. The summed E-state index contributed by atoms with van der Waals surface area (Å²) in [7, 11) is 0. The molecule has 0 aliphatic rings. The van der Waals surface area contributed by atoms with Crippen molar-refractivity contribution < 1.29 is 14.3 Å². The van der Waals surface area contributed by atoms with Crippen LogP contribution in [0, 0.1) is 18.3 Å². The highest BCUT2D eigenvalue weighted by atomic mass is 35.5. The smallest absolute Gasteiger partial charge is 0.237 e. The van der Waals surface area contributed by atoms with E-state index in [9.17, 15) is 4.79 Å². The first-order chi connectivity index (χ1) is 14.5. The standard InChI is InChI=1S/C22H17Cl2N3O3/c1-14-11-17(30-22-15(13-25)3-2-9-26-22)5-7-20(14)27-21(28)8-10-29-16-4-6-18(23)19(24)12-16/h2-7,9,11-12H,8,10H2,1H3,(H,27,28). The number of nitriles is 1. The molecule has 0 spiro atoms. The number of rotatable bonds is 7. The number of hydrogen-bond donors (Lipinski definition) is 1. The molecular formula is C22H17Cl2N3O3. The number of ether oxygens (including phenoxy) is 2. The number of anilines is 1. The van der Waals surface area contributed by atoms with Crippen molar-refractivity contribution in [2.45, 2.75) is 13.3 Å². The van der Waals surface area contributed by atoms with Gasteiger partial charge in [0, 0.05) is 18.0 Å². The second-order valence-corrected chi connectivity index (χ2v) is 7.08. The van der Waals surface area contributed by atoms with Crippen LogP contribution in [0.4, 0.5) is 5.69 Å². The van der Waals surface area contributed by atoms with E-state index in [-0.39, 0.29) is 24.8 Å². The fourth-order valence-corrected chi connectivity index (χ4v) is 2.84. The van der Waals surface area contributed by atoms with E-state index in [1.165, 1.54) is 0 Å². The van der Waals surface area contributed by atoms with Crippen molar-refractivity contribution in [1.82, 2.24) is 4.98 Å². The monoisotopic (exact) mass is 441 g/mol. The topological polar surface area (TPSA) is 84.2 Å². The van der Waals surface area contributed by atoms with Gasteiger partial charge in [0.2, 0.25) is 11.8 Å². The molecule has 0 unspecified atom stereocenters. The van der Waals surface area contributed by atoms with Crippen LogP contribution in [-0.4, -0.2) is 17.5 Å². The average molecular weight is 442 g/mol. The number of aryl methyl sites for hydroxylation is 1. The SMILES string of the molecule is Cc1cc(Oc2ncccc2C#N)ccc1NC(=O)CCOc1ccc(Cl)c(Cl)c1. The van der Waals surface area contributed by atoms with Gasteiger partial charge in [-0.25, -0.2) is 4.98 Å². The van der Waals surface area contributed by atoms with Crippen LogP contribution in [0.1, 0.15) is 17.5 Å². The van der Waals surface area contributed by atoms with Crippen molar-refractivity contribution in [2.75, 3.05) is 11.9 Å². The zero-order valence-corrected chi connectivity index (χ0v) is 17.5. The van der Waals surface area contributed by atoms with Crippen LogP contribution in [0.3, 0.4) is 0 Å². The van der Waals surface area contributed by atoms with Crippen molar-refractivity contribution in [2.24, 2.45) is 0 Å². The molecule has 0 saturated heterocycles. The van der Waals surface area contributed by atoms with Gasteiger partial charge in [-0.3, -0.25) is 4.79 Å². The summed E-state index contributed by atoms with van der Waals surface area (Å²) in [6, 6.07) is 15.5. The molecule has 0 saturated carbocycles. The maximum atomic E-state index is 12.2. The van der Waals surface area contributed by atoms with Gasteiger partial charge < -0.3 is 14.8 Å². The zero-order chi connectivity index (χ0) is 21.5. The molecule has 2 aromatic carbocycles. The average Bonchev–Trinajstić information content (AvgIpc) is 2.73. The molecule has 0 bridgehead atoms. The lowest BCUT2D eigenvalue weighted by Gasteiger charge is -2.12. The molecule has 1 N–H and O–H groups in total. The Kier molecular flexibility index (Phi) is 7.12. The van der Waals surface area contributed by atoms with E-state index >= 15 is 0 Å². The summed E-state index contributed by atoms with van der Waals surface area (Å²) < 4.78 is 11.2. The summed E-state index contributed by atoms with van der Waals surface area (Å²) >= 11 is 11.8. The predicted octanol–water partition coefficient (Wildman–Crippen LogP) is 5.77. The van der Waals surface area contributed by atoms with Gasteiger partial charge in [0.25, 0.3) is 0 Å². The molecule has 1 heterocycles. The molecule has 0 atom stereocenters. The van der Waals surface area contributed by atoms with Crippen LogP contribution >= 0.6 is 23.2 Å². The van der Waals surface area contributed by atoms with Gasteiger partial charge in [-0.1, -0.05) is 23.2 Å². The molecule has 8 heteroatoms. The summed E-state index contributed by atoms with van der Waals surface area (Å²) in [4.78, 5) is 16.3. The van der Waals surface area contributed by atoms with Crippen molar-refractivity contribution in [3.8, 4) is 23.4 Å². The fourth-order valence-electron chi connectivity index (χ4n) is 2.55. The van der Waals surface area contributed by atoms with E-state index in [2.05, 4.69) is 10.3 Å². The van der Waals surface area contributed by atoms with E-state index in [4.69, 9.17) is 37.9 Å². The lowest BCUT2D eigenvalue weighted by molar-refractivity contribution is -0.116. The number of amides is 1. The quantitative estimate of drug-likeness (QED) is 0.502. The third-order valence-corrected chi connectivity index (χ3v) is 4.81. The van der Waals surface area contributed by atoms with Crippen LogP contribution in [0.5, 0.6) is 17.4 Å². The second-order valence-electron chi connectivity index (χ2n) is 6.27. The molecular weight excluding hydrogens is 425 g/mol. The normalized spacial score (nSPS) is 10.2. The second kappa shape index (κ2) is 9.97. The molecule has 0 radical (unpaired) electrons. The maximum absolute atomic E-state index is 12.2. The van der Waals surface area contributed by atoms with Gasteiger partial charge in [-0.05, 0) is 55.0 Å². The van der Waals surface area contributed by atoms with E-state index < -0.39 is 0 Å². The van der Waals surface area contributed by atoms with Gasteiger partial charge in [0.05, 0.1) is 23.1 Å². The lowest BCUT2D eigenvalue weighted by atomic mass is 10.2. The van der Waals surface area contributed by atoms with Crippen LogP contribution in [0.25, 0.3) is 0 Å². The zero-order valence-electron chi connectivity index (χ0n) is 16.0. The number of halogens is 2. The largest absolute Gasteiger partial charge is 0.493 e. The van der Waals surface area contributed by atoms with Gasteiger partial charge >= 0.3 is 0 Å². The highest BCUT2D eigenvalue weighted by molar-refractivity contribution is 6.42. The number of nitrogens with zero attached hydrogens (tertiary/aromatic N) is 2. The number of pyridine rings is 1. The van der Waals surface area contributed by atoms with Crippen LogP contribution in [-0.2, 0) is 4.79 Å². The molecule has 3 rings (SSSR count). The summed E-state index contributed by atoms with van der Waals surface area (Å²) in [6.45, 7) is 2.04. The summed E-state index contributed by atoms with van der Waals surface area (Å²) in [5, 5.41) is 12.8. The number of carbonyl (C=O) groups excluding carboxylic acids is 1. The number of aromatic nitrogens is 1. The van der Waals surface area contributed by atoms with Crippen LogP contribution in [0.2, 0.25) is 10.0 Å². The predicted molar refractivity (Wildman–Crippen MR) is 115 cm³/mol. The third kappa shape index (κ3) is 5.63. The van der Waals surface area contributed by atoms with Crippen molar-refractivity contribution in [1.29, 1.82) is 5.26 Å². The number of nitrogens with one attached hydrogen (secondary N) is 1. The highest BCUT2D eigenvalue weighted by Crippen LogP contribution is 2.28. The first-order valence-corrected chi connectivity index (χ1v) is 9.73. The van der Waals surface area contributed by atoms with Crippen molar-refractivity contribution >= 4 is 34.8 Å².